The van der Waals surface area contributed by atoms with Gasteiger partial charge in [-0.1, -0.05) is 0 Å². The molecule has 0 spiro atoms. The quantitative estimate of drug-likeness (QED) is 0.805. The third-order valence-electron chi connectivity index (χ3n) is 4.05. The lowest BCUT2D eigenvalue weighted by Gasteiger charge is -2.13. The van der Waals surface area contributed by atoms with E-state index in [4.69, 9.17) is 9.47 Å². The minimum Gasteiger partial charge on any atom is -0.497 e. The van der Waals surface area contributed by atoms with Crippen molar-refractivity contribution in [3.63, 3.8) is 0 Å². The molecule has 2 aromatic rings. The topological polar surface area (TPSA) is 35.5 Å². The SMILES string of the molecule is COc1ccc(C(=O)c2cc(C)c3c(c2)CCCCO3)cc1. The van der Waals surface area contributed by atoms with Gasteiger partial charge in [-0.2, -0.15) is 0 Å². The van der Waals surface area contributed by atoms with Crippen LogP contribution in [0.2, 0.25) is 0 Å². The van der Waals surface area contributed by atoms with Gasteiger partial charge in [0.15, 0.2) is 5.78 Å². The first kappa shape index (κ1) is 14.6. The molecule has 0 N–H and O–H groups in total. The summed E-state index contributed by atoms with van der Waals surface area (Å²) in [6.07, 6.45) is 3.14. The second-order valence-corrected chi connectivity index (χ2v) is 5.64. The van der Waals surface area contributed by atoms with Crippen LogP contribution in [0.4, 0.5) is 0 Å². The molecule has 1 heterocycles. The Morgan fingerprint density at radius 3 is 2.59 bits per heavy atom. The maximum atomic E-state index is 12.7. The smallest absolute Gasteiger partial charge is 0.193 e. The molecule has 3 nitrogen and oxygen atoms in total. The molecule has 3 heteroatoms. The van der Waals surface area contributed by atoms with Gasteiger partial charge in [-0.3, -0.25) is 4.79 Å². The fraction of sp³-hybridized carbons (Fsp3) is 0.316. The summed E-state index contributed by atoms with van der Waals surface area (Å²) >= 11 is 0. The Hall–Kier alpha value is -2.29. The van der Waals surface area contributed by atoms with E-state index in [1.165, 1.54) is 0 Å². The molecular formula is C19H20O3. The van der Waals surface area contributed by atoms with Crippen LogP contribution >= 0.6 is 0 Å². The van der Waals surface area contributed by atoms with E-state index >= 15 is 0 Å². The number of hydrogen-bond donors (Lipinski definition) is 0. The minimum absolute atomic E-state index is 0.0396. The molecule has 0 radical (unpaired) electrons. The number of methoxy groups -OCH3 is 1. The lowest BCUT2D eigenvalue weighted by Crippen LogP contribution is -2.05. The first-order valence-electron chi connectivity index (χ1n) is 7.64. The number of ether oxygens (including phenoxy) is 2. The van der Waals surface area contributed by atoms with Gasteiger partial charge in [0, 0.05) is 11.1 Å². The molecule has 0 fully saturated rings. The van der Waals surface area contributed by atoms with Gasteiger partial charge in [0.2, 0.25) is 0 Å². The van der Waals surface area contributed by atoms with Crippen molar-refractivity contribution in [3.05, 3.63) is 58.7 Å². The second kappa shape index (κ2) is 6.22. The van der Waals surface area contributed by atoms with Crippen LogP contribution in [0.3, 0.4) is 0 Å². The predicted octanol–water partition coefficient (Wildman–Crippen LogP) is 3.95. The molecular weight excluding hydrogens is 276 g/mol. The van der Waals surface area contributed by atoms with Crippen molar-refractivity contribution in [2.45, 2.75) is 26.2 Å². The number of hydrogen-bond acceptors (Lipinski definition) is 3. The van der Waals surface area contributed by atoms with Gasteiger partial charge in [-0.15, -0.1) is 0 Å². The molecule has 0 saturated carbocycles. The highest BCUT2D eigenvalue weighted by molar-refractivity contribution is 6.09. The Kier molecular flexibility index (Phi) is 4.14. The molecule has 0 aliphatic carbocycles. The number of ketones is 1. The van der Waals surface area contributed by atoms with Crippen LogP contribution in [0.15, 0.2) is 36.4 Å². The molecule has 1 aliphatic heterocycles. The molecule has 1 aliphatic rings. The lowest BCUT2D eigenvalue weighted by atomic mass is 9.96. The van der Waals surface area contributed by atoms with Crippen LogP contribution < -0.4 is 9.47 Å². The average molecular weight is 296 g/mol. The molecule has 0 aromatic heterocycles. The van der Waals surface area contributed by atoms with Gasteiger partial charge in [-0.05, 0) is 73.7 Å². The van der Waals surface area contributed by atoms with E-state index in [1.807, 2.05) is 31.2 Å². The summed E-state index contributed by atoms with van der Waals surface area (Å²) in [6.45, 7) is 2.77. The Morgan fingerprint density at radius 2 is 1.86 bits per heavy atom. The van der Waals surface area contributed by atoms with E-state index in [1.54, 1.807) is 19.2 Å². The monoisotopic (exact) mass is 296 g/mol. The predicted molar refractivity (Wildman–Crippen MR) is 86.0 cm³/mol. The average Bonchev–Trinajstić information content (AvgIpc) is 2.80. The van der Waals surface area contributed by atoms with Crippen molar-refractivity contribution in [1.29, 1.82) is 0 Å². The van der Waals surface area contributed by atoms with Gasteiger partial charge in [0.05, 0.1) is 13.7 Å². The zero-order chi connectivity index (χ0) is 15.5. The fourth-order valence-corrected chi connectivity index (χ4v) is 2.87. The van der Waals surface area contributed by atoms with E-state index in [2.05, 4.69) is 0 Å². The number of aryl methyl sites for hydroxylation is 2. The maximum Gasteiger partial charge on any atom is 0.193 e. The molecule has 3 rings (SSSR count). The number of benzene rings is 2. The molecule has 0 unspecified atom stereocenters. The highest BCUT2D eigenvalue weighted by Gasteiger charge is 2.17. The van der Waals surface area contributed by atoms with Gasteiger partial charge >= 0.3 is 0 Å². The van der Waals surface area contributed by atoms with E-state index in [0.29, 0.717) is 5.56 Å². The summed E-state index contributed by atoms with van der Waals surface area (Å²) in [6, 6.07) is 11.1. The summed E-state index contributed by atoms with van der Waals surface area (Å²) in [5.41, 5.74) is 3.59. The van der Waals surface area contributed by atoms with E-state index in [0.717, 1.165) is 54.1 Å². The van der Waals surface area contributed by atoms with Crippen LogP contribution in [0.5, 0.6) is 11.5 Å². The lowest BCUT2D eigenvalue weighted by molar-refractivity contribution is 0.103. The Morgan fingerprint density at radius 1 is 1.09 bits per heavy atom. The molecule has 0 atom stereocenters. The third kappa shape index (κ3) is 2.84. The second-order valence-electron chi connectivity index (χ2n) is 5.64. The van der Waals surface area contributed by atoms with Crippen molar-refractivity contribution in [2.24, 2.45) is 0 Å². The zero-order valence-corrected chi connectivity index (χ0v) is 13.0. The molecule has 22 heavy (non-hydrogen) atoms. The van der Waals surface area contributed by atoms with Gasteiger partial charge in [0.25, 0.3) is 0 Å². The molecule has 0 bridgehead atoms. The number of fused-ring (bicyclic) bond motifs is 1. The Bertz CT molecular complexity index is 687. The van der Waals surface area contributed by atoms with Crippen LogP contribution in [0.1, 0.15) is 39.9 Å². The van der Waals surface area contributed by atoms with Crippen LogP contribution in [0.25, 0.3) is 0 Å². The van der Waals surface area contributed by atoms with Crippen molar-refractivity contribution >= 4 is 5.78 Å². The highest BCUT2D eigenvalue weighted by atomic mass is 16.5. The standard InChI is InChI=1S/C19H20O3/c1-13-11-16(12-15-5-3-4-10-22-19(13)15)18(20)14-6-8-17(21-2)9-7-14/h6-9,11-12H,3-5,10H2,1-2H3. The Balaban J connectivity index is 1.95. The first-order chi connectivity index (χ1) is 10.7. The van der Waals surface area contributed by atoms with E-state index in [9.17, 15) is 4.79 Å². The summed E-state index contributed by atoms with van der Waals surface area (Å²) in [7, 11) is 1.62. The number of carbonyl (C=O) groups is 1. The summed E-state index contributed by atoms with van der Waals surface area (Å²) in [5.74, 6) is 1.75. The van der Waals surface area contributed by atoms with Gasteiger partial charge in [-0.25, -0.2) is 0 Å². The zero-order valence-electron chi connectivity index (χ0n) is 13.0. The largest absolute Gasteiger partial charge is 0.497 e. The molecule has 0 saturated heterocycles. The number of rotatable bonds is 3. The van der Waals surface area contributed by atoms with Crippen molar-refractivity contribution < 1.29 is 14.3 Å². The van der Waals surface area contributed by atoms with Crippen molar-refractivity contribution in [3.8, 4) is 11.5 Å². The Labute approximate surface area is 130 Å². The molecule has 114 valence electrons. The third-order valence-corrected chi connectivity index (χ3v) is 4.05. The number of carbonyl (C=O) groups excluding carboxylic acids is 1. The van der Waals surface area contributed by atoms with E-state index < -0.39 is 0 Å². The maximum absolute atomic E-state index is 12.7. The van der Waals surface area contributed by atoms with Gasteiger partial charge < -0.3 is 9.47 Å². The van der Waals surface area contributed by atoms with Gasteiger partial charge in [0.1, 0.15) is 11.5 Å². The first-order valence-corrected chi connectivity index (χ1v) is 7.64. The molecule has 0 amide bonds. The normalized spacial score (nSPS) is 13.7. The summed E-state index contributed by atoms with van der Waals surface area (Å²) < 4.78 is 11.0. The molecule has 2 aromatic carbocycles. The highest BCUT2D eigenvalue weighted by Crippen LogP contribution is 2.30. The van der Waals surface area contributed by atoms with Crippen molar-refractivity contribution in [1.82, 2.24) is 0 Å². The minimum atomic E-state index is 0.0396. The van der Waals surface area contributed by atoms with Crippen molar-refractivity contribution in [2.75, 3.05) is 13.7 Å². The summed E-state index contributed by atoms with van der Waals surface area (Å²) in [4.78, 5) is 12.7. The summed E-state index contributed by atoms with van der Waals surface area (Å²) in [5, 5.41) is 0. The van der Waals surface area contributed by atoms with Crippen LogP contribution in [-0.4, -0.2) is 19.5 Å². The van der Waals surface area contributed by atoms with Crippen LogP contribution in [0, 0.1) is 6.92 Å². The fourth-order valence-electron chi connectivity index (χ4n) is 2.87. The van der Waals surface area contributed by atoms with Crippen LogP contribution in [-0.2, 0) is 6.42 Å². The van der Waals surface area contributed by atoms with E-state index in [-0.39, 0.29) is 5.78 Å².